The summed E-state index contributed by atoms with van der Waals surface area (Å²) in [5, 5.41) is 9.99. The lowest BCUT2D eigenvalue weighted by molar-refractivity contribution is 0.418. The van der Waals surface area contributed by atoms with Gasteiger partial charge in [0, 0.05) is 42.8 Å². The van der Waals surface area contributed by atoms with Gasteiger partial charge in [-0.1, -0.05) is 19.9 Å². The molecule has 1 atom stereocenters. The van der Waals surface area contributed by atoms with Crippen molar-refractivity contribution >= 4 is 11.3 Å². The average molecular weight is 263 g/mol. The molecule has 1 unspecified atom stereocenters. The summed E-state index contributed by atoms with van der Waals surface area (Å²) >= 11 is 1.83. The van der Waals surface area contributed by atoms with Crippen LogP contribution in [-0.2, 0) is 13.5 Å². The van der Waals surface area contributed by atoms with Crippen molar-refractivity contribution in [1.29, 1.82) is 0 Å². The highest BCUT2D eigenvalue weighted by atomic mass is 32.1. The van der Waals surface area contributed by atoms with Crippen molar-refractivity contribution in [1.82, 2.24) is 15.1 Å². The number of aryl methyl sites for hydroxylation is 1. The van der Waals surface area contributed by atoms with Crippen LogP contribution in [0.1, 0.15) is 30.5 Å². The van der Waals surface area contributed by atoms with Crippen LogP contribution in [0.25, 0.3) is 0 Å². The van der Waals surface area contributed by atoms with Crippen molar-refractivity contribution in [3.63, 3.8) is 0 Å². The van der Waals surface area contributed by atoms with E-state index in [2.05, 4.69) is 47.8 Å². The van der Waals surface area contributed by atoms with Crippen LogP contribution in [0.2, 0.25) is 0 Å². The molecule has 0 saturated heterocycles. The van der Waals surface area contributed by atoms with Gasteiger partial charge in [-0.25, -0.2) is 0 Å². The second kappa shape index (κ2) is 6.16. The average Bonchev–Trinajstić information content (AvgIpc) is 2.96. The first-order valence-electron chi connectivity index (χ1n) is 6.42. The zero-order valence-corrected chi connectivity index (χ0v) is 12.1. The molecular formula is C14H21N3S. The molecule has 2 aromatic heterocycles. The zero-order chi connectivity index (χ0) is 13.0. The van der Waals surface area contributed by atoms with Crippen LogP contribution >= 0.6 is 11.3 Å². The van der Waals surface area contributed by atoms with Crippen LogP contribution in [0.15, 0.2) is 29.8 Å². The molecule has 0 saturated carbocycles. The number of thiophene rings is 1. The highest BCUT2D eigenvalue weighted by Crippen LogP contribution is 2.25. The minimum absolute atomic E-state index is 0.457. The van der Waals surface area contributed by atoms with Gasteiger partial charge in [-0.05, 0) is 23.4 Å². The summed E-state index contributed by atoms with van der Waals surface area (Å²) in [7, 11) is 1.99. The highest BCUT2D eigenvalue weighted by Gasteiger charge is 2.15. The summed E-state index contributed by atoms with van der Waals surface area (Å²) in [4.78, 5) is 1.43. The molecular weight excluding hydrogens is 242 g/mol. The zero-order valence-electron chi connectivity index (χ0n) is 11.3. The lowest BCUT2D eigenvalue weighted by Gasteiger charge is -2.21. The molecule has 0 aromatic carbocycles. The van der Waals surface area contributed by atoms with Crippen LogP contribution in [-0.4, -0.2) is 16.3 Å². The lowest BCUT2D eigenvalue weighted by atomic mass is 10.0. The fourth-order valence-electron chi connectivity index (χ4n) is 2.14. The molecule has 0 aliphatic heterocycles. The Balaban J connectivity index is 1.89. The van der Waals surface area contributed by atoms with E-state index in [9.17, 15) is 0 Å². The molecule has 18 heavy (non-hydrogen) atoms. The van der Waals surface area contributed by atoms with Gasteiger partial charge < -0.3 is 5.32 Å². The van der Waals surface area contributed by atoms with Gasteiger partial charge >= 0.3 is 0 Å². The Labute approximate surface area is 113 Å². The van der Waals surface area contributed by atoms with E-state index in [0.29, 0.717) is 12.0 Å². The largest absolute Gasteiger partial charge is 0.309 e. The summed E-state index contributed by atoms with van der Waals surface area (Å²) in [6.45, 7) is 5.52. The SMILES string of the molecule is CC(C)C(NCCc1ccnn1C)c1cccs1. The van der Waals surface area contributed by atoms with E-state index in [1.807, 2.05) is 29.3 Å². The summed E-state index contributed by atoms with van der Waals surface area (Å²) < 4.78 is 1.94. The summed E-state index contributed by atoms with van der Waals surface area (Å²) in [5.41, 5.74) is 1.27. The van der Waals surface area contributed by atoms with Gasteiger partial charge in [0.2, 0.25) is 0 Å². The Hall–Kier alpha value is -1.13. The van der Waals surface area contributed by atoms with Crippen molar-refractivity contribution in [2.45, 2.75) is 26.3 Å². The molecule has 0 amide bonds. The molecule has 0 radical (unpaired) electrons. The maximum Gasteiger partial charge on any atom is 0.0492 e. The molecule has 0 spiro atoms. The summed E-state index contributed by atoms with van der Waals surface area (Å²) in [6, 6.07) is 6.88. The molecule has 0 aliphatic rings. The van der Waals surface area contributed by atoms with Crippen molar-refractivity contribution in [2.24, 2.45) is 13.0 Å². The van der Waals surface area contributed by atoms with E-state index in [1.165, 1.54) is 10.6 Å². The topological polar surface area (TPSA) is 29.9 Å². The first kappa shape index (κ1) is 13.3. The first-order valence-corrected chi connectivity index (χ1v) is 7.30. The fourth-order valence-corrected chi connectivity index (χ4v) is 3.11. The van der Waals surface area contributed by atoms with Gasteiger partial charge in [0.15, 0.2) is 0 Å². The van der Waals surface area contributed by atoms with E-state index in [-0.39, 0.29) is 0 Å². The molecule has 2 rings (SSSR count). The predicted molar refractivity (Wildman–Crippen MR) is 76.8 cm³/mol. The van der Waals surface area contributed by atoms with Gasteiger partial charge in [-0.15, -0.1) is 11.3 Å². The number of hydrogen-bond acceptors (Lipinski definition) is 3. The van der Waals surface area contributed by atoms with Gasteiger partial charge in [-0.3, -0.25) is 4.68 Å². The highest BCUT2D eigenvalue weighted by molar-refractivity contribution is 7.10. The Morgan fingerprint density at radius 2 is 2.22 bits per heavy atom. The van der Waals surface area contributed by atoms with Gasteiger partial charge in [0.1, 0.15) is 0 Å². The Morgan fingerprint density at radius 1 is 1.39 bits per heavy atom. The summed E-state index contributed by atoms with van der Waals surface area (Å²) in [6.07, 6.45) is 2.87. The van der Waals surface area contributed by atoms with Crippen molar-refractivity contribution in [2.75, 3.05) is 6.54 Å². The number of nitrogens with one attached hydrogen (secondary N) is 1. The van der Waals surface area contributed by atoms with E-state index < -0.39 is 0 Å². The molecule has 3 nitrogen and oxygen atoms in total. The molecule has 98 valence electrons. The van der Waals surface area contributed by atoms with E-state index >= 15 is 0 Å². The second-order valence-corrected chi connectivity index (χ2v) is 5.87. The summed E-state index contributed by atoms with van der Waals surface area (Å²) in [5.74, 6) is 0.607. The fraction of sp³-hybridized carbons (Fsp3) is 0.500. The smallest absolute Gasteiger partial charge is 0.0492 e. The van der Waals surface area contributed by atoms with Crippen LogP contribution in [0.3, 0.4) is 0 Å². The third-order valence-electron chi connectivity index (χ3n) is 3.18. The van der Waals surface area contributed by atoms with Crippen LogP contribution < -0.4 is 5.32 Å². The Kier molecular flexibility index (Phi) is 4.55. The van der Waals surface area contributed by atoms with Gasteiger partial charge in [0.05, 0.1) is 0 Å². The van der Waals surface area contributed by atoms with Crippen molar-refractivity contribution in [3.8, 4) is 0 Å². The third-order valence-corrected chi connectivity index (χ3v) is 4.14. The minimum Gasteiger partial charge on any atom is -0.309 e. The maximum atomic E-state index is 4.19. The molecule has 2 heterocycles. The van der Waals surface area contributed by atoms with Gasteiger partial charge in [0.25, 0.3) is 0 Å². The Morgan fingerprint density at radius 3 is 2.78 bits per heavy atom. The van der Waals surface area contributed by atoms with Gasteiger partial charge in [-0.2, -0.15) is 5.10 Å². The normalized spacial score (nSPS) is 13.1. The molecule has 1 N–H and O–H groups in total. The van der Waals surface area contributed by atoms with Crippen LogP contribution in [0.4, 0.5) is 0 Å². The molecule has 0 aliphatic carbocycles. The molecule has 0 bridgehead atoms. The maximum absolute atomic E-state index is 4.19. The van der Waals surface area contributed by atoms with E-state index in [4.69, 9.17) is 0 Å². The molecule has 0 fully saturated rings. The number of rotatable bonds is 6. The predicted octanol–water partition coefficient (Wildman–Crippen LogP) is 3.01. The first-order chi connectivity index (χ1) is 8.68. The van der Waals surface area contributed by atoms with E-state index in [0.717, 1.165) is 13.0 Å². The Bertz CT molecular complexity index is 459. The molecule has 2 aromatic rings. The lowest BCUT2D eigenvalue weighted by Crippen LogP contribution is -2.27. The second-order valence-electron chi connectivity index (χ2n) is 4.89. The van der Waals surface area contributed by atoms with Crippen LogP contribution in [0.5, 0.6) is 0 Å². The quantitative estimate of drug-likeness (QED) is 0.868. The van der Waals surface area contributed by atoms with E-state index in [1.54, 1.807) is 0 Å². The number of aromatic nitrogens is 2. The van der Waals surface area contributed by atoms with Crippen LogP contribution in [0, 0.1) is 5.92 Å². The van der Waals surface area contributed by atoms with Crippen molar-refractivity contribution < 1.29 is 0 Å². The van der Waals surface area contributed by atoms with Crippen molar-refractivity contribution in [3.05, 3.63) is 40.3 Å². The molecule has 4 heteroatoms. The minimum atomic E-state index is 0.457. The standard InChI is InChI=1S/C14H21N3S/c1-11(2)14(13-5-4-10-18-13)15-8-6-12-7-9-16-17(12)3/h4-5,7,9-11,14-15H,6,8H2,1-3H3. The monoisotopic (exact) mass is 263 g/mol. The third kappa shape index (κ3) is 3.21. The number of hydrogen-bond donors (Lipinski definition) is 1. The number of nitrogens with zero attached hydrogens (tertiary/aromatic N) is 2.